The Morgan fingerprint density at radius 2 is 2.16 bits per heavy atom. The standard InChI is InChI=1S/C20H22N2O3/c1-13-15(10-14-6-5-9-18(24-2)19(14)25-13)11-16(12-21)20(23)22-17-7-3-4-8-17/h5-6,9-11,13,17H,3-4,7-8H2,1-2H3,(H,22,23). The van der Waals surface area contributed by atoms with Gasteiger partial charge in [0.25, 0.3) is 5.91 Å². The van der Waals surface area contributed by atoms with E-state index in [1.807, 2.05) is 37.3 Å². The number of amides is 1. The van der Waals surface area contributed by atoms with Gasteiger partial charge in [-0.2, -0.15) is 5.26 Å². The first-order valence-electron chi connectivity index (χ1n) is 8.60. The predicted molar refractivity (Wildman–Crippen MR) is 95.2 cm³/mol. The van der Waals surface area contributed by atoms with Gasteiger partial charge in [-0.25, -0.2) is 0 Å². The van der Waals surface area contributed by atoms with Crippen molar-refractivity contribution < 1.29 is 14.3 Å². The fourth-order valence-electron chi connectivity index (χ4n) is 3.28. The Bertz CT molecular complexity index is 768. The van der Waals surface area contributed by atoms with Crippen LogP contribution in [0, 0.1) is 11.3 Å². The molecule has 1 aliphatic heterocycles. The van der Waals surface area contributed by atoms with Crippen molar-refractivity contribution in [1.82, 2.24) is 5.32 Å². The highest BCUT2D eigenvalue weighted by molar-refractivity contribution is 5.98. The maximum Gasteiger partial charge on any atom is 0.262 e. The zero-order chi connectivity index (χ0) is 17.8. The molecule has 0 aromatic heterocycles. The summed E-state index contributed by atoms with van der Waals surface area (Å²) in [6.07, 6.45) is 7.52. The summed E-state index contributed by atoms with van der Waals surface area (Å²) in [4.78, 5) is 12.4. The number of methoxy groups -OCH3 is 1. The number of carbonyl (C=O) groups excluding carboxylic acids is 1. The van der Waals surface area contributed by atoms with Gasteiger partial charge in [0.1, 0.15) is 17.7 Å². The van der Waals surface area contributed by atoms with E-state index in [2.05, 4.69) is 5.32 Å². The Kier molecular flexibility index (Phi) is 5.08. The molecule has 0 spiro atoms. The van der Waals surface area contributed by atoms with Gasteiger partial charge in [0.15, 0.2) is 11.5 Å². The highest BCUT2D eigenvalue weighted by Gasteiger charge is 2.23. The molecule has 0 radical (unpaired) electrons. The molecule has 1 heterocycles. The Morgan fingerprint density at radius 3 is 2.84 bits per heavy atom. The minimum Gasteiger partial charge on any atom is -0.493 e. The number of carbonyl (C=O) groups is 1. The SMILES string of the molecule is COc1cccc2c1OC(C)C(C=C(C#N)C(=O)NC1CCCC1)=C2. The van der Waals surface area contributed by atoms with Crippen LogP contribution in [0.1, 0.15) is 38.2 Å². The van der Waals surface area contributed by atoms with E-state index >= 15 is 0 Å². The van der Waals surface area contributed by atoms with Gasteiger partial charge in [-0.15, -0.1) is 0 Å². The smallest absolute Gasteiger partial charge is 0.262 e. The molecule has 25 heavy (non-hydrogen) atoms. The highest BCUT2D eigenvalue weighted by Crippen LogP contribution is 2.38. The van der Waals surface area contributed by atoms with E-state index in [1.54, 1.807) is 13.2 Å². The molecule has 1 unspecified atom stereocenters. The first kappa shape index (κ1) is 17.1. The fourth-order valence-corrected chi connectivity index (χ4v) is 3.28. The van der Waals surface area contributed by atoms with Gasteiger partial charge >= 0.3 is 0 Å². The van der Waals surface area contributed by atoms with Crippen LogP contribution < -0.4 is 14.8 Å². The van der Waals surface area contributed by atoms with Gasteiger partial charge in [-0.1, -0.05) is 25.0 Å². The van der Waals surface area contributed by atoms with Gasteiger partial charge in [-0.3, -0.25) is 4.79 Å². The Morgan fingerprint density at radius 1 is 1.40 bits per heavy atom. The largest absolute Gasteiger partial charge is 0.493 e. The molecule has 1 amide bonds. The van der Waals surface area contributed by atoms with E-state index in [-0.39, 0.29) is 23.6 Å². The molecule has 2 aliphatic rings. The summed E-state index contributed by atoms with van der Waals surface area (Å²) in [6.45, 7) is 1.89. The van der Waals surface area contributed by atoms with E-state index in [4.69, 9.17) is 9.47 Å². The van der Waals surface area contributed by atoms with Crippen LogP contribution >= 0.6 is 0 Å². The van der Waals surface area contributed by atoms with Gasteiger partial charge < -0.3 is 14.8 Å². The number of ether oxygens (including phenoxy) is 2. The molecule has 1 aromatic carbocycles. The van der Waals surface area contributed by atoms with Gasteiger partial charge in [-0.05, 0) is 43.6 Å². The van der Waals surface area contributed by atoms with Crippen LogP contribution in [0.5, 0.6) is 11.5 Å². The van der Waals surface area contributed by atoms with Crippen molar-refractivity contribution in [2.45, 2.75) is 44.8 Å². The van der Waals surface area contributed by atoms with Crippen LogP contribution in [0.3, 0.4) is 0 Å². The summed E-state index contributed by atoms with van der Waals surface area (Å²) in [5, 5.41) is 12.4. The van der Waals surface area contributed by atoms with Crippen molar-refractivity contribution in [2.75, 3.05) is 7.11 Å². The van der Waals surface area contributed by atoms with Crippen molar-refractivity contribution >= 4 is 12.0 Å². The number of fused-ring (bicyclic) bond motifs is 1. The first-order valence-corrected chi connectivity index (χ1v) is 8.60. The lowest BCUT2D eigenvalue weighted by molar-refractivity contribution is -0.117. The zero-order valence-electron chi connectivity index (χ0n) is 14.5. The second-order valence-corrected chi connectivity index (χ2v) is 6.41. The monoisotopic (exact) mass is 338 g/mol. The Labute approximate surface area is 147 Å². The number of nitrogens with one attached hydrogen (secondary N) is 1. The second kappa shape index (κ2) is 7.43. The fraction of sp³-hybridized carbons (Fsp3) is 0.400. The second-order valence-electron chi connectivity index (χ2n) is 6.41. The van der Waals surface area contributed by atoms with Crippen LogP contribution in [0.4, 0.5) is 0 Å². The molecule has 1 fully saturated rings. The normalized spacial score (nSPS) is 20.1. The minimum absolute atomic E-state index is 0.111. The lowest BCUT2D eigenvalue weighted by Gasteiger charge is -2.24. The van der Waals surface area contributed by atoms with E-state index in [0.29, 0.717) is 11.5 Å². The summed E-state index contributed by atoms with van der Waals surface area (Å²) in [7, 11) is 1.60. The maximum atomic E-state index is 12.4. The summed E-state index contributed by atoms with van der Waals surface area (Å²) in [5.41, 5.74) is 1.77. The first-order chi connectivity index (χ1) is 12.1. The van der Waals surface area contributed by atoms with Crippen molar-refractivity contribution in [2.24, 2.45) is 0 Å². The average molecular weight is 338 g/mol. The molecular formula is C20H22N2O3. The molecule has 5 nitrogen and oxygen atoms in total. The summed E-state index contributed by atoms with van der Waals surface area (Å²) in [6, 6.07) is 7.85. The van der Waals surface area contributed by atoms with Crippen LogP contribution in [0.15, 0.2) is 35.4 Å². The quantitative estimate of drug-likeness (QED) is 0.675. The molecule has 1 N–H and O–H groups in total. The zero-order valence-corrected chi connectivity index (χ0v) is 14.5. The molecule has 5 heteroatoms. The van der Waals surface area contributed by atoms with Crippen LogP contribution in [-0.2, 0) is 4.79 Å². The molecular weight excluding hydrogens is 316 g/mol. The molecule has 1 saturated carbocycles. The number of para-hydroxylation sites is 1. The molecule has 3 rings (SSSR count). The highest BCUT2D eigenvalue weighted by atomic mass is 16.5. The van der Waals surface area contributed by atoms with Crippen molar-refractivity contribution in [1.29, 1.82) is 5.26 Å². The molecule has 130 valence electrons. The molecule has 1 atom stereocenters. The topological polar surface area (TPSA) is 71.3 Å². The number of hydrogen-bond donors (Lipinski definition) is 1. The van der Waals surface area contributed by atoms with E-state index in [1.165, 1.54) is 0 Å². The van der Waals surface area contributed by atoms with Gasteiger partial charge in [0.2, 0.25) is 0 Å². The Hall–Kier alpha value is -2.74. The van der Waals surface area contributed by atoms with E-state index < -0.39 is 0 Å². The lowest BCUT2D eigenvalue weighted by atomic mass is 9.99. The minimum atomic E-state index is -0.307. The van der Waals surface area contributed by atoms with Gasteiger partial charge in [0, 0.05) is 11.6 Å². The third kappa shape index (κ3) is 3.69. The molecule has 0 bridgehead atoms. The van der Waals surface area contributed by atoms with Crippen molar-refractivity contribution in [3.63, 3.8) is 0 Å². The number of benzene rings is 1. The number of nitrogens with zero attached hydrogens (tertiary/aromatic N) is 1. The summed E-state index contributed by atoms with van der Waals surface area (Å²) in [5.74, 6) is 1.05. The predicted octanol–water partition coefficient (Wildman–Crippen LogP) is 3.37. The van der Waals surface area contributed by atoms with Crippen molar-refractivity contribution in [3.8, 4) is 17.6 Å². The third-order valence-electron chi connectivity index (χ3n) is 4.68. The van der Waals surface area contributed by atoms with Crippen LogP contribution in [-0.4, -0.2) is 25.2 Å². The van der Waals surface area contributed by atoms with E-state index in [9.17, 15) is 10.1 Å². The summed E-state index contributed by atoms with van der Waals surface area (Å²) < 4.78 is 11.3. The van der Waals surface area contributed by atoms with Crippen molar-refractivity contribution in [3.05, 3.63) is 41.0 Å². The number of rotatable bonds is 4. The van der Waals surface area contributed by atoms with E-state index in [0.717, 1.165) is 36.8 Å². The third-order valence-corrected chi connectivity index (χ3v) is 4.68. The summed E-state index contributed by atoms with van der Waals surface area (Å²) >= 11 is 0. The number of nitriles is 1. The molecule has 1 aliphatic carbocycles. The molecule has 1 aromatic rings. The molecule has 0 saturated heterocycles. The lowest BCUT2D eigenvalue weighted by Crippen LogP contribution is -2.33. The van der Waals surface area contributed by atoms with Crippen LogP contribution in [0.25, 0.3) is 6.08 Å². The van der Waals surface area contributed by atoms with Crippen LogP contribution in [0.2, 0.25) is 0 Å². The Balaban J connectivity index is 1.85. The van der Waals surface area contributed by atoms with Gasteiger partial charge in [0.05, 0.1) is 7.11 Å². The maximum absolute atomic E-state index is 12.4. The number of hydrogen-bond acceptors (Lipinski definition) is 4. The average Bonchev–Trinajstić information content (AvgIpc) is 3.12.